The summed E-state index contributed by atoms with van der Waals surface area (Å²) in [6.07, 6.45) is 1.74. The molecule has 1 aromatic heterocycles. The second-order valence-corrected chi connectivity index (χ2v) is 6.98. The topological polar surface area (TPSA) is 101 Å². The van der Waals surface area contributed by atoms with Crippen molar-refractivity contribution in [3.63, 3.8) is 0 Å². The second kappa shape index (κ2) is 6.11. The lowest BCUT2D eigenvalue weighted by Crippen LogP contribution is -2.28. The lowest BCUT2D eigenvalue weighted by Gasteiger charge is -2.04. The number of halogens is 1. The Balaban J connectivity index is 2.17. The third-order valence-electron chi connectivity index (χ3n) is 2.93. The van der Waals surface area contributed by atoms with E-state index in [1.54, 1.807) is 0 Å². The van der Waals surface area contributed by atoms with Crippen molar-refractivity contribution in [3.8, 4) is 0 Å². The van der Waals surface area contributed by atoms with E-state index in [0.717, 1.165) is 12.8 Å². The minimum atomic E-state index is -4.02. The molecule has 7 nitrogen and oxygen atoms in total. The minimum absolute atomic E-state index is 0.0935. The molecule has 9 heteroatoms. The number of hydrogen-bond donors (Lipinski definition) is 2. The number of aromatic amines is 1. The summed E-state index contributed by atoms with van der Waals surface area (Å²) in [5.74, 6) is -0.483. The predicted molar refractivity (Wildman–Crippen MR) is 72.4 cm³/mol. The van der Waals surface area contributed by atoms with Crippen LogP contribution < -0.4 is 5.32 Å². The standard InChI is InChI=1S/C11H16ClN3O4S/c1-2-19-6-5-13-11(16)9-10(20(12,17)18)8(14-15-9)7-3-4-7/h7H,2-6H2,1H3,(H,13,16)(H,14,15). The Morgan fingerprint density at radius 1 is 1.55 bits per heavy atom. The van der Waals surface area contributed by atoms with Crippen LogP contribution >= 0.6 is 10.7 Å². The monoisotopic (exact) mass is 321 g/mol. The molecule has 20 heavy (non-hydrogen) atoms. The van der Waals surface area contributed by atoms with Gasteiger partial charge in [0.05, 0.1) is 12.3 Å². The van der Waals surface area contributed by atoms with Gasteiger partial charge in [-0.2, -0.15) is 5.10 Å². The predicted octanol–water partition coefficient (Wildman–Crippen LogP) is 0.981. The minimum Gasteiger partial charge on any atom is -0.380 e. The molecule has 0 saturated heterocycles. The molecule has 0 atom stereocenters. The number of amides is 1. The maximum Gasteiger partial charge on any atom is 0.273 e. The molecule has 2 rings (SSSR count). The van der Waals surface area contributed by atoms with Crippen LogP contribution in [0.25, 0.3) is 0 Å². The Bertz CT molecular complexity index is 595. The zero-order valence-corrected chi connectivity index (χ0v) is 12.6. The van der Waals surface area contributed by atoms with E-state index in [4.69, 9.17) is 15.4 Å². The van der Waals surface area contributed by atoms with Crippen LogP contribution in [0.4, 0.5) is 0 Å². The molecule has 0 aromatic carbocycles. The lowest BCUT2D eigenvalue weighted by molar-refractivity contribution is 0.0914. The molecule has 112 valence electrons. The van der Waals surface area contributed by atoms with Crippen molar-refractivity contribution in [2.75, 3.05) is 19.8 Å². The number of ether oxygens (including phenoxy) is 1. The fraction of sp³-hybridized carbons (Fsp3) is 0.636. The Morgan fingerprint density at radius 3 is 2.80 bits per heavy atom. The summed E-state index contributed by atoms with van der Waals surface area (Å²) < 4.78 is 28.4. The van der Waals surface area contributed by atoms with Gasteiger partial charge >= 0.3 is 0 Å². The van der Waals surface area contributed by atoms with Gasteiger partial charge in [-0.25, -0.2) is 8.42 Å². The van der Waals surface area contributed by atoms with E-state index in [9.17, 15) is 13.2 Å². The van der Waals surface area contributed by atoms with Gasteiger partial charge in [-0.05, 0) is 19.8 Å². The molecule has 0 aliphatic heterocycles. The van der Waals surface area contributed by atoms with Crippen LogP contribution in [0.5, 0.6) is 0 Å². The third kappa shape index (κ3) is 3.50. The zero-order valence-electron chi connectivity index (χ0n) is 11.0. The summed E-state index contributed by atoms with van der Waals surface area (Å²) in [5.41, 5.74) is 0.244. The van der Waals surface area contributed by atoms with Crippen molar-refractivity contribution in [1.82, 2.24) is 15.5 Å². The first-order valence-corrected chi connectivity index (χ1v) is 8.65. The van der Waals surface area contributed by atoms with Gasteiger partial charge in [-0.3, -0.25) is 9.89 Å². The molecular formula is C11H16ClN3O4S. The van der Waals surface area contributed by atoms with Crippen LogP contribution in [0.15, 0.2) is 4.90 Å². The van der Waals surface area contributed by atoms with Gasteiger partial charge in [0.15, 0.2) is 5.69 Å². The van der Waals surface area contributed by atoms with E-state index in [-0.39, 0.29) is 23.1 Å². The highest BCUT2D eigenvalue weighted by Gasteiger charge is 2.36. The second-order valence-electron chi connectivity index (χ2n) is 4.48. The molecule has 1 amide bonds. The molecule has 1 aliphatic rings. The van der Waals surface area contributed by atoms with E-state index in [1.807, 2.05) is 6.92 Å². The first-order chi connectivity index (χ1) is 9.45. The van der Waals surface area contributed by atoms with Crippen molar-refractivity contribution in [3.05, 3.63) is 11.4 Å². The normalized spacial score (nSPS) is 15.3. The number of hydrogen-bond acceptors (Lipinski definition) is 5. The highest BCUT2D eigenvalue weighted by Crippen LogP contribution is 2.43. The molecule has 1 aromatic rings. The molecular weight excluding hydrogens is 306 g/mol. The average Bonchev–Trinajstić information content (AvgIpc) is 3.11. The molecule has 0 spiro atoms. The smallest absolute Gasteiger partial charge is 0.273 e. The average molecular weight is 322 g/mol. The van der Waals surface area contributed by atoms with Gasteiger partial charge in [-0.15, -0.1) is 0 Å². The van der Waals surface area contributed by atoms with Gasteiger partial charge in [0, 0.05) is 29.8 Å². The largest absolute Gasteiger partial charge is 0.380 e. The van der Waals surface area contributed by atoms with E-state index in [0.29, 0.717) is 18.9 Å². The van der Waals surface area contributed by atoms with Crippen molar-refractivity contribution < 1.29 is 17.9 Å². The first kappa shape index (κ1) is 15.3. The molecule has 0 unspecified atom stereocenters. The summed E-state index contributed by atoms with van der Waals surface area (Å²) in [7, 11) is 1.40. The molecule has 0 radical (unpaired) electrons. The number of nitrogens with zero attached hydrogens (tertiary/aromatic N) is 1. The fourth-order valence-electron chi connectivity index (χ4n) is 1.86. The summed E-state index contributed by atoms with van der Waals surface area (Å²) in [6, 6.07) is 0. The molecule has 1 heterocycles. The summed E-state index contributed by atoms with van der Waals surface area (Å²) in [4.78, 5) is 11.8. The molecule has 2 N–H and O–H groups in total. The maximum atomic E-state index is 12.0. The lowest BCUT2D eigenvalue weighted by atomic mass is 10.2. The van der Waals surface area contributed by atoms with Crippen molar-refractivity contribution in [1.29, 1.82) is 0 Å². The Labute approximate surface area is 121 Å². The Morgan fingerprint density at radius 2 is 2.25 bits per heavy atom. The van der Waals surface area contributed by atoms with E-state index in [1.165, 1.54) is 0 Å². The van der Waals surface area contributed by atoms with Crippen LogP contribution in [0.3, 0.4) is 0 Å². The Hall–Kier alpha value is -1.12. The van der Waals surface area contributed by atoms with Gasteiger partial charge in [-0.1, -0.05) is 0 Å². The number of aromatic nitrogens is 2. The molecule has 0 bridgehead atoms. The molecule has 1 fully saturated rings. The number of carbonyl (C=O) groups excluding carboxylic acids is 1. The van der Waals surface area contributed by atoms with E-state index in [2.05, 4.69) is 15.5 Å². The van der Waals surface area contributed by atoms with Crippen molar-refractivity contribution in [2.45, 2.75) is 30.6 Å². The molecule has 1 aliphatic carbocycles. The third-order valence-corrected chi connectivity index (χ3v) is 4.29. The Kier molecular flexibility index (Phi) is 4.66. The maximum absolute atomic E-state index is 12.0. The highest BCUT2D eigenvalue weighted by molar-refractivity contribution is 8.13. The van der Waals surface area contributed by atoms with Crippen LogP contribution in [-0.4, -0.2) is 44.3 Å². The van der Waals surface area contributed by atoms with E-state index < -0.39 is 15.0 Å². The van der Waals surface area contributed by atoms with Gasteiger partial charge in [0.1, 0.15) is 4.90 Å². The van der Waals surface area contributed by atoms with Crippen LogP contribution in [0, 0.1) is 0 Å². The SMILES string of the molecule is CCOCCNC(=O)c1n[nH]c(C2CC2)c1S(=O)(=O)Cl. The number of rotatable bonds is 7. The fourth-order valence-corrected chi connectivity index (χ4v) is 3.17. The van der Waals surface area contributed by atoms with Gasteiger partial charge in [0.25, 0.3) is 15.0 Å². The number of H-pyrrole nitrogens is 1. The highest BCUT2D eigenvalue weighted by atomic mass is 35.7. The van der Waals surface area contributed by atoms with Crippen LogP contribution in [-0.2, 0) is 13.8 Å². The van der Waals surface area contributed by atoms with Crippen molar-refractivity contribution >= 4 is 25.6 Å². The van der Waals surface area contributed by atoms with E-state index >= 15 is 0 Å². The van der Waals surface area contributed by atoms with Crippen molar-refractivity contribution in [2.24, 2.45) is 0 Å². The number of nitrogens with one attached hydrogen (secondary N) is 2. The zero-order chi connectivity index (χ0) is 14.8. The first-order valence-electron chi connectivity index (χ1n) is 6.34. The quantitative estimate of drug-likeness (QED) is 0.576. The summed E-state index contributed by atoms with van der Waals surface area (Å²) in [5, 5.41) is 8.97. The summed E-state index contributed by atoms with van der Waals surface area (Å²) >= 11 is 0. The number of carbonyl (C=O) groups is 1. The summed E-state index contributed by atoms with van der Waals surface area (Å²) in [6.45, 7) is 3.02. The van der Waals surface area contributed by atoms with Gasteiger partial charge < -0.3 is 10.1 Å². The van der Waals surface area contributed by atoms with Crippen LogP contribution in [0.2, 0.25) is 0 Å². The van der Waals surface area contributed by atoms with Gasteiger partial charge in [0.2, 0.25) is 0 Å². The van der Waals surface area contributed by atoms with Crippen LogP contribution in [0.1, 0.15) is 41.9 Å². The molecule has 1 saturated carbocycles.